The molecule has 0 aliphatic heterocycles. The van der Waals surface area contributed by atoms with Gasteiger partial charge >= 0.3 is 0 Å². The van der Waals surface area contributed by atoms with Crippen LogP contribution in [-0.2, 0) is 13.1 Å². The standard InChI is InChI=1S/C24H20N2O2/c27-24(23-13-7-15-28-23)26(18-22-12-4-5-14-25-22)17-19-8-6-11-21(16-19)20-9-2-1-3-10-20/h1-16H,17-18H2. The topological polar surface area (TPSA) is 46.3 Å². The first kappa shape index (κ1) is 17.7. The lowest BCUT2D eigenvalue weighted by Gasteiger charge is -2.22. The molecule has 0 fully saturated rings. The summed E-state index contributed by atoms with van der Waals surface area (Å²) in [7, 11) is 0. The van der Waals surface area contributed by atoms with Crippen LogP contribution in [0.25, 0.3) is 11.1 Å². The van der Waals surface area contributed by atoms with E-state index >= 15 is 0 Å². The molecule has 0 aliphatic rings. The monoisotopic (exact) mass is 368 g/mol. The molecule has 0 aliphatic carbocycles. The van der Waals surface area contributed by atoms with Crippen molar-refractivity contribution in [3.8, 4) is 11.1 Å². The number of amides is 1. The molecule has 0 unspecified atom stereocenters. The maximum absolute atomic E-state index is 13.0. The third-order valence-electron chi connectivity index (χ3n) is 4.51. The molecule has 0 N–H and O–H groups in total. The predicted molar refractivity (Wildman–Crippen MR) is 108 cm³/mol. The molecular weight excluding hydrogens is 348 g/mol. The van der Waals surface area contributed by atoms with Crippen molar-refractivity contribution in [3.05, 3.63) is 114 Å². The van der Waals surface area contributed by atoms with Gasteiger partial charge in [-0.15, -0.1) is 0 Å². The van der Waals surface area contributed by atoms with Crippen molar-refractivity contribution in [3.63, 3.8) is 0 Å². The Morgan fingerprint density at radius 3 is 2.39 bits per heavy atom. The summed E-state index contributed by atoms with van der Waals surface area (Å²) in [5.41, 5.74) is 4.16. The Labute approximate surface area is 164 Å². The highest BCUT2D eigenvalue weighted by Crippen LogP contribution is 2.22. The molecule has 138 valence electrons. The number of furan rings is 1. The summed E-state index contributed by atoms with van der Waals surface area (Å²) in [6.45, 7) is 0.882. The molecule has 4 heteroatoms. The van der Waals surface area contributed by atoms with Gasteiger partial charge in [-0.25, -0.2) is 0 Å². The smallest absolute Gasteiger partial charge is 0.290 e. The van der Waals surface area contributed by atoms with Gasteiger partial charge in [0, 0.05) is 12.7 Å². The second-order valence-corrected chi connectivity index (χ2v) is 6.53. The summed E-state index contributed by atoms with van der Waals surface area (Å²) < 4.78 is 5.33. The Balaban J connectivity index is 1.61. The fourth-order valence-corrected chi connectivity index (χ4v) is 3.14. The van der Waals surface area contributed by atoms with E-state index in [1.807, 2.05) is 48.5 Å². The van der Waals surface area contributed by atoms with Crippen LogP contribution in [0.15, 0.2) is 102 Å². The highest BCUT2D eigenvalue weighted by molar-refractivity contribution is 5.91. The maximum atomic E-state index is 13.0. The molecule has 2 heterocycles. The van der Waals surface area contributed by atoms with Crippen molar-refractivity contribution in [2.45, 2.75) is 13.1 Å². The van der Waals surface area contributed by atoms with Crippen LogP contribution in [0, 0.1) is 0 Å². The maximum Gasteiger partial charge on any atom is 0.290 e. The lowest BCUT2D eigenvalue weighted by molar-refractivity contribution is 0.0695. The Bertz CT molecular complexity index is 1030. The number of carbonyl (C=O) groups is 1. The van der Waals surface area contributed by atoms with E-state index < -0.39 is 0 Å². The van der Waals surface area contributed by atoms with E-state index in [1.54, 1.807) is 23.2 Å². The average molecular weight is 368 g/mol. The number of hydrogen-bond acceptors (Lipinski definition) is 3. The van der Waals surface area contributed by atoms with Gasteiger partial charge in [-0.05, 0) is 47.0 Å². The molecule has 4 aromatic rings. The minimum absolute atomic E-state index is 0.152. The van der Waals surface area contributed by atoms with Crippen molar-refractivity contribution < 1.29 is 9.21 Å². The van der Waals surface area contributed by atoms with Crippen LogP contribution in [0.5, 0.6) is 0 Å². The lowest BCUT2D eigenvalue weighted by atomic mass is 10.0. The van der Waals surface area contributed by atoms with E-state index in [9.17, 15) is 4.79 Å². The second-order valence-electron chi connectivity index (χ2n) is 6.53. The SMILES string of the molecule is O=C(c1ccco1)N(Cc1cccc(-c2ccccc2)c1)Cc1ccccn1. The van der Waals surface area contributed by atoms with Gasteiger partial charge in [0.05, 0.1) is 18.5 Å². The van der Waals surface area contributed by atoms with Crippen LogP contribution < -0.4 is 0 Å². The average Bonchev–Trinajstić information content (AvgIpc) is 3.29. The zero-order valence-electron chi connectivity index (χ0n) is 15.4. The van der Waals surface area contributed by atoms with Crippen molar-refractivity contribution in [1.82, 2.24) is 9.88 Å². The van der Waals surface area contributed by atoms with Crippen molar-refractivity contribution in [1.29, 1.82) is 0 Å². The Morgan fingerprint density at radius 2 is 1.64 bits per heavy atom. The Morgan fingerprint density at radius 1 is 0.821 bits per heavy atom. The molecule has 4 rings (SSSR count). The molecule has 1 amide bonds. The van der Waals surface area contributed by atoms with Gasteiger partial charge in [0.1, 0.15) is 0 Å². The third-order valence-corrected chi connectivity index (χ3v) is 4.51. The van der Waals surface area contributed by atoms with Crippen LogP contribution in [-0.4, -0.2) is 15.8 Å². The molecule has 2 aromatic carbocycles. The van der Waals surface area contributed by atoms with E-state index in [-0.39, 0.29) is 5.91 Å². The summed E-state index contributed by atoms with van der Waals surface area (Å²) in [5.74, 6) is 0.177. The van der Waals surface area contributed by atoms with E-state index in [0.717, 1.165) is 22.4 Å². The number of pyridine rings is 1. The Hall–Kier alpha value is -3.66. The van der Waals surface area contributed by atoms with Crippen LogP contribution in [0.1, 0.15) is 21.8 Å². The molecule has 0 saturated carbocycles. The van der Waals surface area contributed by atoms with Crippen LogP contribution in [0.3, 0.4) is 0 Å². The van der Waals surface area contributed by atoms with Crippen LogP contribution >= 0.6 is 0 Å². The van der Waals surface area contributed by atoms with E-state index in [2.05, 4.69) is 29.2 Å². The highest BCUT2D eigenvalue weighted by Gasteiger charge is 2.19. The summed E-state index contributed by atoms with van der Waals surface area (Å²) >= 11 is 0. The van der Waals surface area contributed by atoms with Gasteiger partial charge in [0.25, 0.3) is 5.91 Å². The fraction of sp³-hybridized carbons (Fsp3) is 0.0833. The quantitative estimate of drug-likeness (QED) is 0.471. The summed E-state index contributed by atoms with van der Waals surface area (Å²) in [6, 6.07) is 27.6. The first-order valence-corrected chi connectivity index (χ1v) is 9.16. The number of carbonyl (C=O) groups excluding carboxylic acids is 1. The molecule has 0 radical (unpaired) electrons. The van der Waals surface area contributed by atoms with Gasteiger partial charge in [-0.1, -0.05) is 54.6 Å². The molecule has 0 atom stereocenters. The second kappa shape index (κ2) is 8.35. The fourth-order valence-electron chi connectivity index (χ4n) is 3.14. The number of hydrogen-bond donors (Lipinski definition) is 0. The predicted octanol–water partition coefficient (Wildman–Crippen LogP) is 5.18. The zero-order chi connectivity index (χ0) is 19.2. The summed E-state index contributed by atoms with van der Waals surface area (Å²) in [6.07, 6.45) is 3.25. The van der Waals surface area contributed by atoms with E-state index in [0.29, 0.717) is 18.8 Å². The third kappa shape index (κ3) is 4.18. The molecular formula is C24H20N2O2. The molecule has 28 heavy (non-hydrogen) atoms. The number of nitrogens with zero attached hydrogens (tertiary/aromatic N) is 2. The van der Waals surface area contributed by atoms with Gasteiger partial charge in [-0.2, -0.15) is 0 Å². The summed E-state index contributed by atoms with van der Waals surface area (Å²) in [5, 5.41) is 0. The van der Waals surface area contributed by atoms with Gasteiger partial charge in [0.2, 0.25) is 0 Å². The number of rotatable bonds is 6. The Kier molecular flexibility index (Phi) is 5.29. The molecule has 0 saturated heterocycles. The largest absolute Gasteiger partial charge is 0.459 e. The molecule has 2 aromatic heterocycles. The molecule has 0 bridgehead atoms. The van der Waals surface area contributed by atoms with Gasteiger partial charge in [-0.3, -0.25) is 9.78 Å². The normalized spacial score (nSPS) is 10.6. The first-order valence-electron chi connectivity index (χ1n) is 9.16. The molecule has 0 spiro atoms. The van der Waals surface area contributed by atoms with Crippen LogP contribution in [0.4, 0.5) is 0 Å². The minimum atomic E-state index is -0.152. The minimum Gasteiger partial charge on any atom is -0.459 e. The first-order chi connectivity index (χ1) is 13.8. The lowest BCUT2D eigenvalue weighted by Crippen LogP contribution is -2.30. The summed E-state index contributed by atoms with van der Waals surface area (Å²) in [4.78, 5) is 19.1. The van der Waals surface area contributed by atoms with Crippen molar-refractivity contribution >= 4 is 5.91 Å². The van der Waals surface area contributed by atoms with Crippen LogP contribution in [0.2, 0.25) is 0 Å². The van der Waals surface area contributed by atoms with Crippen molar-refractivity contribution in [2.75, 3.05) is 0 Å². The molecule has 4 nitrogen and oxygen atoms in total. The van der Waals surface area contributed by atoms with Crippen molar-refractivity contribution in [2.24, 2.45) is 0 Å². The number of benzene rings is 2. The van der Waals surface area contributed by atoms with Gasteiger partial charge < -0.3 is 9.32 Å². The zero-order valence-corrected chi connectivity index (χ0v) is 15.4. The van der Waals surface area contributed by atoms with E-state index in [4.69, 9.17) is 4.42 Å². The van der Waals surface area contributed by atoms with Gasteiger partial charge in [0.15, 0.2) is 5.76 Å². The highest BCUT2D eigenvalue weighted by atomic mass is 16.3. The number of aromatic nitrogens is 1. The van der Waals surface area contributed by atoms with E-state index in [1.165, 1.54) is 6.26 Å².